The summed E-state index contributed by atoms with van der Waals surface area (Å²) >= 11 is 0. The second-order valence-electron chi connectivity index (χ2n) is 18.5. The highest BCUT2D eigenvalue weighted by Gasteiger charge is 2.79. The summed E-state index contributed by atoms with van der Waals surface area (Å²) in [5.74, 6) is 0. The predicted molar refractivity (Wildman–Crippen MR) is 195 cm³/mol. The molecule has 2 heteroatoms. The van der Waals surface area contributed by atoms with Crippen LogP contribution in [0.25, 0.3) is 0 Å². The van der Waals surface area contributed by atoms with Crippen molar-refractivity contribution in [2.45, 2.75) is 168 Å². The van der Waals surface area contributed by atoms with Crippen LogP contribution in [0.3, 0.4) is 0 Å². The fourth-order valence-corrected chi connectivity index (χ4v) is 11.7. The molecule has 5 aliphatic rings. The first-order valence-corrected chi connectivity index (χ1v) is 18.5. The van der Waals surface area contributed by atoms with Crippen molar-refractivity contribution >= 4 is 17.1 Å². The van der Waals surface area contributed by atoms with Gasteiger partial charge in [-0.1, -0.05) is 121 Å². The van der Waals surface area contributed by atoms with Gasteiger partial charge in [-0.05, 0) is 105 Å². The van der Waals surface area contributed by atoms with Crippen LogP contribution in [0.4, 0.5) is 17.1 Å². The summed E-state index contributed by atoms with van der Waals surface area (Å²) in [4.78, 5) is 5.50. The van der Waals surface area contributed by atoms with Gasteiger partial charge < -0.3 is 9.80 Å². The zero-order valence-corrected chi connectivity index (χ0v) is 31.1. The van der Waals surface area contributed by atoms with Crippen LogP contribution in [0.2, 0.25) is 0 Å². The van der Waals surface area contributed by atoms with Gasteiger partial charge in [-0.2, -0.15) is 0 Å². The Morgan fingerprint density at radius 2 is 1.29 bits per heavy atom. The molecule has 4 unspecified atom stereocenters. The van der Waals surface area contributed by atoms with E-state index in [0.29, 0.717) is 0 Å². The molecule has 1 fully saturated rings. The summed E-state index contributed by atoms with van der Waals surface area (Å²) in [7, 11) is 2.40. The van der Waals surface area contributed by atoms with Crippen LogP contribution in [0.5, 0.6) is 0 Å². The summed E-state index contributed by atoms with van der Waals surface area (Å²) < 4.78 is 0. The summed E-state index contributed by atoms with van der Waals surface area (Å²) in [6.07, 6.45) is 10.3. The molecule has 2 nitrogen and oxygen atoms in total. The van der Waals surface area contributed by atoms with Crippen molar-refractivity contribution in [3.05, 3.63) is 64.2 Å². The Kier molecular flexibility index (Phi) is 6.29. The van der Waals surface area contributed by atoms with E-state index in [-0.39, 0.29) is 44.1 Å². The van der Waals surface area contributed by atoms with E-state index in [1.54, 1.807) is 27.8 Å². The lowest BCUT2D eigenvalue weighted by atomic mass is 9.59. The molecular weight excluding hydrogens is 544 g/mol. The lowest BCUT2D eigenvalue weighted by Gasteiger charge is -2.46. The molecule has 1 saturated carbocycles. The first-order chi connectivity index (χ1) is 20.9. The summed E-state index contributed by atoms with van der Waals surface area (Å²) in [5.41, 5.74) is 14.5. The minimum Gasteiger partial charge on any atom is -0.351 e. The molecular formula is C43H62N2. The van der Waals surface area contributed by atoms with Crippen LogP contribution in [-0.2, 0) is 27.1 Å². The van der Waals surface area contributed by atoms with Gasteiger partial charge in [-0.3, -0.25) is 0 Å². The van der Waals surface area contributed by atoms with Crippen LogP contribution in [0, 0.1) is 10.8 Å². The van der Waals surface area contributed by atoms with Gasteiger partial charge >= 0.3 is 0 Å². The molecule has 0 bridgehead atoms. The van der Waals surface area contributed by atoms with E-state index in [1.807, 2.05) is 0 Å². The smallest absolute Gasteiger partial charge is 0.117 e. The Labute approximate surface area is 276 Å². The zero-order chi connectivity index (χ0) is 32.9. The molecule has 7 rings (SSSR count). The van der Waals surface area contributed by atoms with Gasteiger partial charge in [0.2, 0.25) is 0 Å². The molecule has 0 saturated heterocycles. The van der Waals surface area contributed by atoms with Gasteiger partial charge in [0.15, 0.2) is 0 Å². The van der Waals surface area contributed by atoms with Crippen LogP contribution in [-0.4, -0.2) is 13.2 Å². The highest BCUT2D eigenvalue weighted by atomic mass is 15.4. The average Bonchev–Trinajstić information content (AvgIpc) is 3.38. The Hall–Kier alpha value is -2.22. The topological polar surface area (TPSA) is 6.48 Å². The fourth-order valence-electron chi connectivity index (χ4n) is 11.7. The lowest BCUT2D eigenvalue weighted by Crippen LogP contribution is -2.52. The van der Waals surface area contributed by atoms with Gasteiger partial charge in [0.1, 0.15) is 6.17 Å². The third kappa shape index (κ3) is 3.29. The van der Waals surface area contributed by atoms with Crippen molar-refractivity contribution in [2.24, 2.45) is 10.8 Å². The van der Waals surface area contributed by atoms with Gasteiger partial charge in [0, 0.05) is 23.6 Å². The van der Waals surface area contributed by atoms with E-state index >= 15 is 0 Å². The van der Waals surface area contributed by atoms with E-state index in [9.17, 15) is 0 Å². The molecule has 2 heterocycles. The molecule has 2 aromatic carbocycles. The summed E-state index contributed by atoms with van der Waals surface area (Å²) in [5, 5.41) is 0. The maximum atomic E-state index is 4.95. The standard InChI is InChI=1S/C43H62N2/c1-15-18-19-20-41(13)22-21-37(5,6)28-24-35-34(26-31(28)41)44(14)36-43(17-3)27(4)42(43,16-2)32-23-29-30(25-33(32)45(35)36)39(9,10)40(11,12)38(29,7)8/h23-26,36H,4,15-22H2,1-3,5-14H3. The Morgan fingerprint density at radius 1 is 0.689 bits per heavy atom. The second kappa shape index (κ2) is 9.02. The zero-order valence-electron chi connectivity index (χ0n) is 31.1. The lowest BCUT2D eigenvalue weighted by molar-refractivity contribution is 0.125. The number of unbranched alkanes of at least 4 members (excludes halogenated alkanes) is 2. The van der Waals surface area contributed by atoms with Crippen LogP contribution >= 0.6 is 0 Å². The van der Waals surface area contributed by atoms with Gasteiger partial charge in [-0.15, -0.1) is 0 Å². The third-order valence-electron chi connectivity index (χ3n) is 16.0. The maximum Gasteiger partial charge on any atom is 0.117 e. The number of hydrogen-bond donors (Lipinski definition) is 0. The van der Waals surface area contributed by atoms with Gasteiger partial charge in [0.25, 0.3) is 0 Å². The van der Waals surface area contributed by atoms with E-state index in [0.717, 1.165) is 12.8 Å². The minimum absolute atomic E-state index is 0.0318. The first-order valence-electron chi connectivity index (χ1n) is 18.5. The number of rotatable bonds is 6. The maximum absolute atomic E-state index is 4.95. The Morgan fingerprint density at radius 3 is 1.89 bits per heavy atom. The van der Waals surface area contributed by atoms with Crippen molar-refractivity contribution in [1.82, 2.24) is 0 Å². The van der Waals surface area contributed by atoms with E-state index < -0.39 is 0 Å². The number of anilines is 3. The second-order valence-corrected chi connectivity index (χ2v) is 18.5. The SMILES string of the molecule is C=C1C2(CC)c3cc4c(cc3N3c5cc6c(cc5N(C)C3C12CC)C(C)(CCCCC)CCC6(C)C)C(C)(C)C(C)(C)C4(C)C. The minimum atomic E-state index is 0.0318. The van der Waals surface area contributed by atoms with E-state index in [4.69, 9.17) is 6.58 Å². The number of benzene rings is 2. The fraction of sp³-hybridized carbons (Fsp3) is 0.674. The molecule has 0 spiro atoms. The Balaban J connectivity index is 1.51. The van der Waals surface area contributed by atoms with Crippen LogP contribution in [0.1, 0.15) is 162 Å². The summed E-state index contributed by atoms with van der Waals surface area (Å²) in [6, 6.07) is 10.7. The van der Waals surface area contributed by atoms with Crippen molar-refractivity contribution in [2.75, 3.05) is 16.8 Å². The van der Waals surface area contributed by atoms with Crippen LogP contribution in [0.15, 0.2) is 36.4 Å². The molecule has 45 heavy (non-hydrogen) atoms. The normalized spacial score (nSPS) is 33.6. The molecule has 0 aromatic heterocycles. The predicted octanol–water partition coefficient (Wildman–Crippen LogP) is 11.7. The monoisotopic (exact) mass is 606 g/mol. The Bertz CT molecular complexity index is 1620. The molecule has 2 aromatic rings. The summed E-state index contributed by atoms with van der Waals surface area (Å²) in [6.45, 7) is 34.7. The molecule has 2 aliphatic heterocycles. The largest absolute Gasteiger partial charge is 0.351 e. The molecule has 3 aliphatic carbocycles. The average molecular weight is 607 g/mol. The molecule has 0 amide bonds. The highest BCUT2D eigenvalue weighted by molar-refractivity contribution is 5.92. The molecule has 244 valence electrons. The molecule has 0 radical (unpaired) electrons. The van der Waals surface area contributed by atoms with Crippen molar-refractivity contribution in [3.8, 4) is 0 Å². The van der Waals surface area contributed by atoms with E-state index in [1.165, 1.54) is 61.2 Å². The first kappa shape index (κ1) is 31.4. The quantitative estimate of drug-likeness (QED) is 0.238. The van der Waals surface area contributed by atoms with Gasteiger partial charge in [-0.25, -0.2) is 0 Å². The number of hydrogen-bond acceptors (Lipinski definition) is 2. The molecule has 0 N–H and O–H groups in total. The highest BCUT2D eigenvalue weighted by Crippen LogP contribution is 2.81. The van der Waals surface area contributed by atoms with Crippen LogP contribution < -0.4 is 9.80 Å². The van der Waals surface area contributed by atoms with E-state index in [2.05, 4.69) is 124 Å². The number of fused-ring (bicyclic) bond motifs is 10. The van der Waals surface area contributed by atoms with Gasteiger partial charge in [0.05, 0.1) is 11.4 Å². The third-order valence-corrected chi connectivity index (χ3v) is 16.0. The van der Waals surface area contributed by atoms with Crippen molar-refractivity contribution in [3.63, 3.8) is 0 Å². The van der Waals surface area contributed by atoms with Crippen molar-refractivity contribution < 1.29 is 0 Å². The number of nitrogens with zero attached hydrogens (tertiary/aromatic N) is 2. The molecule has 4 atom stereocenters. The van der Waals surface area contributed by atoms with Crippen molar-refractivity contribution in [1.29, 1.82) is 0 Å².